The monoisotopic (exact) mass is 408 g/mol. The van der Waals surface area contributed by atoms with Crippen LogP contribution in [0.15, 0.2) is 0 Å². The molecule has 0 atom stereocenters. The summed E-state index contributed by atoms with van der Waals surface area (Å²) in [6.07, 6.45) is 4.36. The van der Waals surface area contributed by atoms with Crippen LogP contribution in [0.4, 0.5) is 0 Å². The molecular weight excluding hydrogens is 352 g/mol. The molecule has 5 nitrogen and oxygen atoms in total. The maximum Gasteiger partial charge on any atom is 0.0589 e. The van der Waals surface area contributed by atoms with Gasteiger partial charge in [0.05, 0.1) is 19.3 Å². The first-order valence-corrected chi connectivity index (χ1v) is 11.8. The summed E-state index contributed by atoms with van der Waals surface area (Å²) in [5.41, 5.74) is 0. The first-order chi connectivity index (χ1) is 13.7. The van der Waals surface area contributed by atoms with Crippen LogP contribution in [0.25, 0.3) is 0 Å². The second-order valence-corrected chi connectivity index (χ2v) is 5.85. The van der Waals surface area contributed by atoms with Crippen LogP contribution >= 0.6 is 0 Å². The average Bonchev–Trinajstić information content (AvgIpc) is 2.78. The summed E-state index contributed by atoms with van der Waals surface area (Å²) in [6.45, 7) is 24.6. The van der Waals surface area contributed by atoms with Crippen LogP contribution < -0.4 is 0 Å². The van der Waals surface area contributed by atoms with Crippen molar-refractivity contribution in [2.24, 2.45) is 0 Å². The molecule has 0 bridgehead atoms. The van der Waals surface area contributed by atoms with E-state index in [9.17, 15) is 5.11 Å². The molecule has 0 aromatic heterocycles. The highest BCUT2D eigenvalue weighted by molar-refractivity contribution is 4.70. The number of hydrogen-bond donors (Lipinski definition) is 1. The zero-order valence-electron chi connectivity index (χ0n) is 21.2. The quantitative estimate of drug-likeness (QED) is 0.556. The fraction of sp³-hybridized carbons (Fsp3) is 1.00. The SMILES string of the molecule is CC.CC.CC.CCCCN(CC)CCOC.COCCN1CCC(O)CC1. The van der Waals surface area contributed by atoms with Crippen LogP contribution in [-0.4, -0.2) is 87.7 Å². The van der Waals surface area contributed by atoms with Crippen LogP contribution in [0.3, 0.4) is 0 Å². The third-order valence-corrected chi connectivity index (χ3v) is 4.06. The predicted molar refractivity (Wildman–Crippen MR) is 126 cm³/mol. The smallest absolute Gasteiger partial charge is 0.0589 e. The molecule has 1 aliphatic rings. The van der Waals surface area contributed by atoms with E-state index in [0.717, 1.165) is 58.8 Å². The third-order valence-electron chi connectivity index (χ3n) is 4.06. The maximum absolute atomic E-state index is 9.19. The van der Waals surface area contributed by atoms with E-state index in [1.807, 2.05) is 41.5 Å². The molecule has 0 spiro atoms. The summed E-state index contributed by atoms with van der Waals surface area (Å²) in [4.78, 5) is 4.75. The molecule has 1 aliphatic heterocycles. The highest BCUT2D eigenvalue weighted by Crippen LogP contribution is 2.08. The molecule has 28 heavy (non-hydrogen) atoms. The van der Waals surface area contributed by atoms with E-state index >= 15 is 0 Å². The highest BCUT2D eigenvalue weighted by Gasteiger charge is 2.15. The van der Waals surface area contributed by atoms with Gasteiger partial charge in [-0.3, -0.25) is 0 Å². The van der Waals surface area contributed by atoms with Gasteiger partial charge in [0.15, 0.2) is 0 Å². The van der Waals surface area contributed by atoms with E-state index < -0.39 is 0 Å². The molecule has 176 valence electrons. The number of methoxy groups -OCH3 is 2. The summed E-state index contributed by atoms with van der Waals surface area (Å²) < 4.78 is 9.98. The number of nitrogens with zero attached hydrogens (tertiary/aromatic N) is 2. The van der Waals surface area contributed by atoms with Gasteiger partial charge in [0, 0.05) is 40.4 Å². The number of hydrogen-bond acceptors (Lipinski definition) is 5. The highest BCUT2D eigenvalue weighted by atomic mass is 16.5. The van der Waals surface area contributed by atoms with Crippen molar-refractivity contribution in [3.8, 4) is 0 Å². The Bertz CT molecular complexity index is 202. The molecule has 1 fully saturated rings. The third kappa shape index (κ3) is 28.0. The summed E-state index contributed by atoms with van der Waals surface area (Å²) in [7, 11) is 3.48. The van der Waals surface area contributed by atoms with Crippen LogP contribution in [0.5, 0.6) is 0 Å². The van der Waals surface area contributed by atoms with E-state index in [0.29, 0.717) is 0 Å². The topological polar surface area (TPSA) is 45.2 Å². The lowest BCUT2D eigenvalue weighted by Gasteiger charge is -2.28. The van der Waals surface area contributed by atoms with Gasteiger partial charge in [-0.2, -0.15) is 0 Å². The lowest BCUT2D eigenvalue weighted by molar-refractivity contribution is 0.0665. The van der Waals surface area contributed by atoms with Crippen LogP contribution in [-0.2, 0) is 9.47 Å². The number of aliphatic hydroxyl groups excluding tert-OH is 1. The number of rotatable bonds is 10. The minimum Gasteiger partial charge on any atom is -0.393 e. The Hall–Kier alpha value is -0.200. The first kappa shape index (κ1) is 35.3. The van der Waals surface area contributed by atoms with Crippen LogP contribution in [0.1, 0.15) is 81.1 Å². The summed E-state index contributed by atoms with van der Waals surface area (Å²) in [5.74, 6) is 0. The first-order valence-electron chi connectivity index (χ1n) is 11.8. The Labute approximate surface area is 178 Å². The zero-order valence-corrected chi connectivity index (χ0v) is 21.2. The molecule has 0 saturated carbocycles. The Kier molecular flexibility index (Phi) is 43.2. The van der Waals surface area contributed by atoms with Crippen molar-refractivity contribution in [3.63, 3.8) is 0 Å². The lowest BCUT2D eigenvalue weighted by atomic mass is 10.1. The van der Waals surface area contributed by atoms with Crippen molar-refractivity contribution in [2.75, 3.05) is 66.7 Å². The Morgan fingerprint density at radius 1 is 0.857 bits per heavy atom. The standard InChI is InChI=1S/C9H21NO.C8H17NO2.3C2H6/c1-4-6-7-10(5-2)8-9-11-3;1-11-7-6-9-4-2-8(10)3-5-9;3*1-2/h4-9H2,1-3H3;8,10H,2-7H2,1H3;3*1-2H3. The van der Waals surface area contributed by atoms with Crippen LogP contribution in [0, 0.1) is 0 Å². The molecule has 5 heteroatoms. The number of unbranched alkanes of at least 4 members (excludes halogenated alkanes) is 1. The molecule has 1 N–H and O–H groups in total. The molecule has 0 aromatic carbocycles. The van der Waals surface area contributed by atoms with Crippen LogP contribution in [0.2, 0.25) is 0 Å². The Morgan fingerprint density at radius 3 is 1.75 bits per heavy atom. The molecule has 0 radical (unpaired) electrons. The van der Waals surface area contributed by atoms with E-state index in [2.05, 4.69) is 23.6 Å². The predicted octanol–water partition coefficient (Wildman–Crippen LogP) is 4.92. The molecule has 0 amide bonds. The van der Waals surface area contributed by atoms with Crippen molar-refractivity contribution in [1.29, 1.82) is 0 Å². The van der Waals surface area contributed by atoms with E-state index in [-0.39, 0.29) is 6.10 Å². The van der Waals surface area contributed by atoms with E-state index in [4.69, 9.17) is 9.47 Å². The van der Waals surface area contributed by atoms with Gasteiger partial charge in [0.1, 0.15) is 0 Å². The summed E-state index contributed by atoms with van der Waals surface area (Å²) in [6, 6.07) is 0. The van der Waals surface area contributed by atoms with Gasteiger partial charge in [-0.15, -0.1) is 0 Å². The fourth-order valence-electron chi connectivity index (χ4n) is 2.39. The van der Waals surface area contributed by atoms with Gasteiger partial charge >= 0.3 is 0 Å². The Balaban J connectivity index is -0.000000162. The van der Waals surface area contributed by atoms with Gasteiger partial charge in [-0.25, -0.2) is 0 Å². The zero-order chi connectivity index (χ0) is 22.6. The van der Waals surface area contributed by atoms with Crippen molar-refractivity contribution in [1.82, 2.24) is 9.80 Å². The number of likely N-dealkylation sites (tertiary alicyclic amines) is 1. The van der Waals surface area contributed by atoms with Gasteiger partial charge in [0.25, 0.3) is 0 Å². The maximum atomic E-state index is 9.19. The normalized spacial score (nSPS) is 13.7. The molecule has 1 saturated heterocycles. The number of piperidine rings is 1. The fourth-order valence-corrected chi connectivity index (χ4v) is 2.39. The minimum absolute atomic E-state index is 0.0613. The van der Waals surface area contributed by atoms with Crippen molar-refractivity contribution >= 4 is 0 Å². The van der Waals surface area contributed by atoms with Crippen molar-refractivity contribution < 1.29 is 14.6 Å². The van der Waals surface area contributed by atoms with Gasteiger partial charge in [-0.05, 0) is 32.4 Å². The van der Waals surface area contributed by atoms with E-state index in [1.54, 1.807) is 14.2 Å². The number of aliphatic hydroxyl groups is 1. The second kappa shape index (κ2) is 34.3. The van der Waals surface area contributed by atoms with Gasteiger partial charge in [0.2, 0.25) is 0 Å². The molecule has 0 unspecified atom stereocenters. The Morgan fingerprint density at radius 2 is 1.36 bits per heavy atom. The van der Waals surface area contributed by atoms with E-state index in [1.165, 1.54) is 19.4 Å². The van der Waals surface area contributed by atoms with Crippen molar-refractivity contribution in [2.45, 2.75) is 87.2 Å². The summed E-state index contributed by atoms with van der Waals surface area (Å²) in [5, 5.41) is 9.19. The lowest BCUT2D eigenvalue weighted by Crippen LogP contribution is -2.37. The van der Waals surface area contributed by atoms with Gasteiger partial charge in [-0.1, -0.05) is 61.8 Å². The minimum atomic E-state index is -0.0613. The molecule has 1 heterocycles. The number of likely N-dealkylation sites (N-methyl/N-ethyl adjacent to an activating group) is 1. The molecule has 0 aromatic rings. The van der Waals surface area contributed by atoms with Gasteiger partial charge < -0.3 is 24.4 Å². The largest absolute Gasteiger partial charge is 0.393 e. The summed E-state index contributed by atoms with van der Waals surface area (Å²) >= 11 is 0. The molecule has 0 aliphatic carbocycles. The molecule has 1 rings (SSSR count). The van der Waals surface area contributed by atoms with Crippen molar-refractivity contribution in [3.05, 3.63) is 0 Å². The number of ether oxygens (including phenoxy) is 2. The second-order valence-electron chi connectivity index (χ2n) is 5.85. The molecular formula is C23H56N2O3. The average molecular weight is 409 g/mol.